The molecule has 0 saturated heterocycles. The van der Waals surface area contributed by atoms with Crippen molar-refractivity contribution in [3.05, 3.63) is 53.6 Å². The standard InChI is InChI=1S/C20H20N2O2S/c23-19(21-12-13-5-1-2-6-13)14-9-10-18-16(11-14)22-20(24)15-7-3-4-8-17(15)25-18/h3-4,7-11,13H,1-2,5-6,12H2,(H,21,23)(H,22,24). The van der Waals surface area contributed by atoms with Crippen LogP contribution in [0.3, 0.4) is 0 Å². The van der Waals surface area contributed by atoms with Gasteiger partial charge in [-0.15, -0.1) is 0 Å². The third-order valence-corrected chi connectivity index (χ3v) is 6.02. The van der Waals surface area contributed by atoms with Crippen LogP contribution in [0.4, 0.5) is 5.69 Å². The van der Waals surface area contributed by atoms with Crippen LogP contribution < -0.4 is 10.6 Å². The van der Waals surface area contributed by atoms with E-state index in [0.29, 0.717) is 22.7 Å². The van der Waals surface area contributed by atoms with Gasteiger partial charge in [-0.05, 0) is 49.1 Å². The number of nitrogens with one attached hydrogen (secondary N) is 2. The van der Waals surface area contributed by atoms with Crippen molar-refractivity contribution in [2.45, 2.75) is 35.5 Å². The molecule has 25 heavy (non-hydrogen) atoms. The maximum Gasteiger partial charge on any atom is 0.256 e. The first-order valence-corrected chi connectivity index (χ1v) is 9.53. The van der Waals surface area contributed by atoms with Crippen molar-refractivity contribution in [3.8, 4) is 0 Å². The highest BCUT2D eigenvalue weighted by molar-refractivity contribution is 7.99. The van der Waals surface area contributed by atoms with Crippen LogP contribution >= 0.6 is 11.8 Å². The molecule has 0 bridgehead atoms. The average Bonchev–Trinajstić information content (AvgIpc) is 3.10. The molecule has 1 heterocycles. The minimum absolute atomic E-state index is 0.0734. The summed E-state index contributed by atoms with van der Waals surface area (Å²) in [6, 6.07) is 13.1. The average molecular weight is 352 g/mol. The van der Waals surface area contributed by atoms with E-state index < -0.39 is 0 Å². The Kier molecular flexibility index (Phi) is 4.49. The van der Waals surface area contributed by atoms with E-state index in [-0.39, 0.29) is 11.8 Å². The zero-order valence-corrected chi connectivity index (χ0v) is 14.7. The number of hydrogen-bond donors (Lipinski definition) is 2. The van der Waals surface area contributed by atoms with Crippen molar-refractivity contribution in [1.29, 1.82) is 0 Å². The molecular weight excluding hydrogens is 332 g/mol. The molecule has 2 amide bonds. The molecule has 2 aliphatic rings. The van der Waals surface area contributed by atoms with Gasteiger partial charge in [0.25, 0.3) is 11.8 Å². The molecule has 2 N–H and O–H groups in total. The summed E-state index contributed by atoms with van der Waals surface area (Å²) >= 11 is 1.55. The Morgan fingerprint density at radius 2 is 1.92 bits per heavy atom. The van der Waals surface area contributed by atoms with E-state index in [1.807, 2.05) is 36.4 Å². The number of rotatable bonds is 3. The lowest BCUT2D eigenvalue weighted by atomic mass is 10.1. The first-order chi connectivity index (χ1) is 12.2. The molecule has 0 aromatic heterocycles. The second-order valence-electron chi connectivity index (χ2n) is 6.62. The lowest BCUT2D eigenvalue weighted by molar-refractivity contribution is 0.0946. The predicted octanol–water partition coefficient (Wildman–Crippen LogP) is 4.32. The topological polar surface area (TPSA) is 58.2 Å². The summed E-state index contributed by atoms with van der Waals surface area (Å²) in [5, 5.41) is 5.96. The van der Waals surface area contributed by atoms with Crippen molar-refractivity contribution in [1.82, 2.24) is 5.32 Å². The highest BCUT2D eigenvalue weighted by Gasteiger charge is 2.21. The fourth-order valence-electron chi connectivity index (χ4n) is 3.46. The summed E-state index contributed by atoms with van der Waals surface area (Å²) in [5.74, 6) is 0.399. The first-order valence-electron chi connectivity index (χ1n) is 8.71. The quantitative estimate of drug-likeness (QED) is 0.865. The van der Waals surface area contributed by atoms with E-state index in [4.69, 9.17) is 0 Å². The molecule has 5 heteroatoms. The Labute approximate surface area is 151 Å². The molecule has 1 saturated carbocycles. The Morgan fingerprint density at radius 1 is 1.12 bits per heavy atom. The van der Waals surface area contributed by atoms with E-state index in [9.17, 15) is 9.59 Å². The zero-order valence-electron chi connectivity index (χ0n) is 13.9. The minimum Gasteiger partial charge on any atom is -0.352 e. The Bertz CT molecular complexity index is 828. The number of fused-ring (bicyclic) bond motifs is 2. The van der Waals surface area contributed by atoms with Gasteiger partial charge in [-0.3, -0.25) is 9.59 Å². The lowest BCUT2D eigenvalue weighted by Crippen LogP contribution is -2.28. The molecule has 0 unspecified atom stereocenters. The Morgan fingerprint density at radius 3 is 2.76 bits per heavy atom. The highest BCUT2D eigenvalue weighted by atomic mass is 32.2. The first kappa shape index (κ1) is 16.2. The summed E-state index contributed by atoms with van der Waals surface area (Å²) in [4.78, 5) is 26.7. The van der Waals surface area contributed by atoms with Crippen molar-refractivity contribution in [2.24, 2.45) is 5.92 Å². The largest absolute Gasteiger partial charge is 0.352 e. The van der Waals surface area contributed by atoms with Gasteiger partial charge in [0.05, 0.1) is 11.3 Å². The van der Waals surface area contributed by atoms with Gasteiger partial charge in [-0.2, -0.15) is 0 Å². The minimum atomic E-state index is -0.134. The highest BCUT2D eigenvalue weighted by Crippen LogP contribution is 2.39. The van der Waals surface area contributed by atoms with E-state index in [2.05, 4.69) is 10.6 Å². The second-order valence-corrected chi connectivity index (χ2v) is 7.71. The van der Waals surface area contributed by atoms with E-state index in [0.717, 1.165) is 16.3 Å². The third-order valence-electron chi connectivity index (χ3n) is 4.87. The Hall–Kier alpha value is -2.27. The summed E-state index contributed by atoms with van der Waals surface area (Å²) < 4.78 is 0. The Balaban J connectivity index is 1.53. The molecule has 4 rings (SSSR count). The van der Waals surface area contributed by atoms with E-state index >= 15 is 0 Å². The molecule has 2 aromatic rings. The van der Waals surface area contributed by atoms with Gasteiger partial charge in [0.15, 0.2) is 0 Å². The lowest BCUT2D eigenvalue weighted by Gasteiger charge is -2.12. The number of carbonyl (C=O) groups is 2. The molecule has 2 aromatic carbocycles. The van der Waals surface area contributed by atoms with Crippen molar-refractivity contribution in [3.63, 3.8) is 0 Å². The molecule has 1 aliphatic heterocycles. The van der Waals surface area contributed by atoms with E-state index in [1.165, 1.54) is 25.7 Å². The molecule has 1 fully saturated rings. The van der Waals surface area contributed by atoms with Crippen LogP contribution in [-0.2, 0) is 0 Å². The molecular formula is C20H20N2O2S. The molecule has 0 spiro atoms. The van der Waals surface area contributed by atoms with Crippen LogP contribution in [0.25, 0.3) is 0 Å². The van der Waals surface area contributed by atoms with Gasteiger partial charge < -0.3 is 10.6 Å². The van der Waals surface area contributed by atoms with Crippen LogP contribution in [0.5, 0.6) is 0 Å². The summed E-state index contributed by atoms with van der Waals surface area (Å²) in [5.41, 5.74) is 1.94. The van der Waals surface area contributed by atoms with Gasteiger partial charge in [0, 0.05) is 21.9 Å². The van der Waals surface area contributed by atoms with Gasteiger partial charge in [-0.25, -0.2) is 0 Å². The van der Waals surface area contributed by atoms with Crippen LogP contribution in [-0.4, -0.2) is 18.4 Å². The van der Waals surface area contributed by atoms with Gasteiger partial charge in [-0.1, -0.05) is 36.7 Å². The van der Waals surface area contributed by atoms with Gasteiger partial charge in [0.1, 0.15) is 0 Å². The molecule has 0 radical (unpaired) electrons. The smallest absolute Gasteiger partial charge is 0.256 e. The van der Waals surface area contributed by atoms with E-state index in [1.54, 1.807) is 17.8 Å². The van der Waals surface area contributed by atoms with Crippen molar-refractivity contribution in [2.75, 3.05) is 11.9 Å². The van der Waals surface area contributed by atoms with Crippen LogP contribution in [0, 0.1) is 5.92 Å². The summed E-state index contributed by atoms with van der Waals surface area (Å²) in [7, 11) is 0. The number of benzene rings is 2. The molecule has 0 atom stereocenters. The summed E-state index contributed by atoms with van der Waals surface area (Å²) in [6.45, 7) is 0.739. The zero-order chi connectivity index (χ0) is 17.2. The number of hydrogen-bond acceptors (Lipinski definition) is 3. The predicted molar refractivity (Wildman–Crippen MR) is 99.3 cm³/mol. The number of amides is 2. The monoisotopic (exact) mass is 352 g/mol. The van der Waals surface area contributed by atoms with Crippen LogP contribution in [0.2, 0.25) is 0 Å². The molecule has 1 aliphatic carbocycles. The maximum absolute atomic E-state index is 12.4. The second kappa shape index (κ2) is 6.92. The number of anilines is 1. The fourth-order valence-corrected chi connectivity index (χ4v) is 4.47. The van der Waals surface area contributed by atoms with Crippen LogP contribution in [0.1, 0.15) is 46.4 Å². The van der Waals surface area contributed by atoms with Gasteiger partial charge >= 0.3 is 0 Å². The summed E-state index contributed by atoms with van der Waals surface area (Å²) in [6.07, 6.45) is 4.94. The maximum atomic E-state index is 12.4. The van der Waals surface area contributed by atoms with Crippen molar-refractivity contribution < 1.29 is 9.59 Å². The SMILES string of the molecule is O=C(NCC1CCCC1)c1ccc2c(c1)NC(=O)c1ccccc1S2. The van der Waals surface area contributed by atoms with Crippen molar-refractivity contribution >= 4 is 29.3 Å². The molecule has 128 valence electrons. The third kappa shape index (κ3) is 3.42. The number of carbonyl (C=O) groups excluding carboxylic acids is 2. The normalized spacial score (nSPS) is 16.6. The van der Waals surface area contributed by atoms with Crippen LogP contribution in [0.15, 0.2) is 52.3 Å². The van der Waals surface area contributed by atoms with Gasteiger partial charge in [0.2, 0.25) is 0 Å². The fraction of sp³-hybridized carbons (Fsp3) is 0.300. The molecule has 4 nitrogen and oxygen atoms in total.